The third-order valence-corrected chi connectivity index (χ3v) is 1.94. The smallest absolute Gasteiger partial charge is 0.134 e. The van der Waals surface area contributed by atoms with Crippen molar-refractivity contribution in [1.82, 2.24) is 9.97 Å². The Kier molecular flexibility index (Phi) is 3.48. The summed E-state index contributed by atoms with van der Waals surface area (Å²) in [5.74, 6) is 1.60. The van der Waals surface area contributed by atoms with Crippen LogP contribution in [0.25, 0.3) is 0 Å². The van der Waals surface area contributed by atoms with Gasteiger partial charge in [-0.3, -0.25) is 0 Å². The first-order valence-electron chi connectivity index (χ1n) is 4.35. The lowest BCUT2D eigenvalue weighted by molar-refractivity contribution is 0.829. The lowest BCUT2D eigenvalue weighted by Crippen LogP contribution is -2.19. The first kappa shape index (κ1) is 10.3. The number of hydrogen-bond donors (Lipinski definition) is 0. The molecular weight excluding hydrogens is 186 g/mol. The van der Waals surface area contributed by atoms with E-state index in [0.29, 0.717) is 11.0 Å². The summed E-state index contributed by atoms with van der Waals surface area (Å²) in [6, 6.07) is 1.78. The molecule has 0 aliphatic carbocycles. The zero-order chi connectivity index (χ0) is 9.84. The van der Waals surface area contributed by atoms with Crippen LogP contribution in [-0.4, -0.2) is 23.6 Å². The number of halogens is 1. The molecule has 0 radical (unpaired) electrons. The van der Waals surface area contributed by atoms with Crippen molar-refractivity contribution in [3.63, 3.8) is 0 Å². The number of aromatic nitrogens is 2. The molecule has 4 heteroatoms. The van der Waals surface area contributed by atoms with Gasteiger partial charge in [-0.15, -0.1) is 0 Å². The Morgan fingerprint density at radius 3 is 2.69 bits per heavy atom. The van der Waals surface area contributed by atoms with Crippen molar-refractivity contribution in [3.8, 4) is 0 Å². The molecule has 72 valence electrons. The average Bonchev–Trinajstić information content (AvgIpc) is 2.03. The van der Waals surface area contributed by atoms with Gasteiger partial charge < -0.3 is 4.90 Å². The van der Waals surface area contributed by atoms with E-state index in [1.54, 1.807) is 6.07 Å². The Bertz CT molecular complexity index is 268. The van der Waals surface area contributed by atoms with Crippen LogP contribution in [0.2, 0.25) is 5.15 Å². The zero-order valence-electron chi connectivity index (χ0n) is 8.21. The lowest BCUT2D eigenvalue weighted by Gasteiger charge is -2.17. The fourth-order valence-corrected chi connectivity index (χ4v) is 1.38. The summed E-state index contributed by atoms with van der Waals surface area (Å²) in [5, 5.41) is 0.505. The summed E-state index contributed by atoms with van der Waals surface area (Å²) >= 11 is 5.82. The molecule has 0 aliphatic rings. The van der Waals surface area contributed by atoms with Gasteiger partial charge in [0.1, 0.15) is 16.8 Å². The second-order valence-electron chi connectivity index (χ2n) is 3.02. The highest BCUT2D eigenvalue weighted by Gasteiger charge is 2.03. The second kappa shape index (κ2) is 4.42. The third-order valence-electron chi connectivity index (χ3n) is 1.74. The molecule has 0 fully saturated rings. The van der Waals surface area contributed by atoms with Gasteiger partial charge in [0.05, 0.1) is 0 Å². The molecule has 0 spiro atoms. The van der Waals surface area contributed by atoms with Crippen LogP contribution in [0, 0.1) is 6.92 Å². The van der Waals surface area contributed by atoms with Crippen molar-refractivity contribution in [3.05, 3.63) is 17.0 Å². The van der Waals surface area contributed by atoms with Crippen LogP contribution >= 0.6 is 11.6 Å². The van der Waals surface area contributed by atoms with Gasteiger partial charge in [0.25, 0.3) is 0 Å². The van der Waals surface area contributed by atoms with Crippen LogP contribution in [0.15, 0.2) is 6.07 Å². The maximum Gasteiger partial charge on any atom is 0.134 e. The predicted octanol–water partition coefficient (Wildman–Crippen LogP) is 2.28. The molecule has 1 aromatic rings. The molecule has 0 amide bonds. The zero-order valence-corrected chi connectivity index (χ0v) is 8.97. The summed E-state index contributed by atoms with van der Waals surface area (Å²) in [7, 11) is 2.00. The highest BCUT2D eigenvalue weighted by molar-refractivity contribution is 6.29. The monoisotopic (exact) mass is 199 g/mol. The average molecular weight is 200 g/mol. The van der Waals surface area contributed by atoms with Gasteiger partial charge in [-0.05, 0) is 13.3 Å². The number of hydrogen-bond acceptors (Lipinski definition) is 3. The van der Waals surface area contributed by atoms with E-state index in [0.717, 1.165) is 18.8 Å². The quantitative estimate of drug-likeness (QED) is 0.700. The van der Waals surface area contributed by atoms with Gasteiger partial charge in [-0.1, -0.05) is 18.5 Å². The number of nitrogens with zero attached hydrogens (tertiary/aromatic N) is 3. The molecule has 1 rings (SSSR count). The molecule has 3 nitrogen and oxygen atoms in total. The Hall–Kier alpha value is -0.830. The Balaban J connectivity index is 2.87. The summed E-state index contributed by atoms with van der Waals surface area (Å²) in [6.07, 6.45) is 1.09. The molecule has 0 aromatic carbocycles. The lowest BCUT2D eigenvalue weighted by atomic mass is 10.4. The molecule has 0 saturated heterocycles. The van der Waals surface area contributed by atoms with Crippen LogP contribution in [0.5, 0.6) is 0 Å². The summed E-state index contributed by atoms with van der Waals surface area (Å²) in [5.41, 5.74) is 0. The molecule has 0 saturated carbocycles. The topological polar surface area (TPSA) is 29.0 Å². The fraction of sp³-hybridized carbons (Fsp3) is 0.556. The van der Waals surface area contributed by atoms with Crippen LogP contribution < -0.4 is 4.90 Å². The maximum absolute atomic E-state index is 5.82. The Labute approximate surface area is 83.8 Å². The van der Waals surface area contributed by atoms with Crippen LogP contribution in [0.3, 0.4) is 0 Å². The van der Waals surface area contributed by atoms with Gasteiger partial charge in [0.2, 0.25) is 0 Å². The van der Waals surface area contributed by atoms with E-state index in [2.05, 4.69) is 21.8 Å². The molecule has 1 heterocycles. The number of aryl methyl sites for hydroxylation is 1. The molecule has 0 bridgehead atoms. The van der Waals surface area contributed by atoms with Gasteiger partial charge in [-0.25, -0.2) is 9.97 Å². The third kappa shape index (κ3) is 2.84. The van der Waals surface area contributed by atoms with Crippen molar-refractivity contribution in [2.24, 2.45) is 0 Å². The molecular formula is C9H14ClN3. The van der Waals surface area contributed by atoms with Gasteiger partial charge in [-0.2, -0.15) is 0 Å². The molecule has 0 aliphatic heterocycles. The normalized spacial score (nSPS) is 10.2. The number of rotatable bonds is 3. The van der Waals surface area contributed by atoms with E-state index >= 15 is 0 Å². The Morgan fingerprint density at radius 1 is 1.46 bits per heavy atom. The standard InChI is InChI=1S/C9H14ClN3/c1-4-5-13(3)9-6-8(10)11-7(2)12-9/h6H,4-5H2,1-3H3. The minimum Gasteiger partial charge on any atom is -0.360 e. The highest BCUT2D eigenvalue weighted by atomic mass is 35.5. The van der Waals surface area contributed by atoms with Crippen LogP contribution in [-0.2, 0) is 0 Å². The van der Waals surface area contributed by atoms with Crippen LogP contribution in [0.4, 0.5) is 5.82 Å². The number of anilines is 1. The highest BCUT2D eigenvalue weighted by Crippen LogP contribution is 2.14. The summed E-state index contributed by atoms with van der Waals surface area (Å²) < 4.78 is 0. The van der Waals surface area contributed by atoms with Crippen molar-refractivity contribution in [1.29, 1.82) is 0 Å². The largest absolute Gasteiger partial charge is 0.360 e. The Morgan fingerprint density at radius 2 is 2.15 bits per heavy atom. The van der Waals surface area contributed by atoms with E-state index in [1.165, 1.54) is 0 Å². The van der Waals surface area contributed by atoms with Gasteiger partial charge in [0.15, 0.2) is 0 Å². The first-order valence-corrected chi connectivity index (χ1v) is 4.73. The van der Waals surface area contributed by atoms with Crippen molar-refractivity contribution in [2.45, 2.75) is 20.3 Å². The summed E-state index contributed by atoms with van der Waals surface area (Å²) in [4.78, 5) is 10.4. The van der Waals surface area contributed by atoms with Crippen LogP contribution in [0.1, 0.15) is 19.2 Å². The summed E-state index contributed by atoms with van der Waals surface area (Å²) in [6.45, 7) is 4.95. The van der Waals surface area contributed by atoms with Gasteiger partial charge in [0, 0.05) is 19.7 Å². The van der Waals surface area contributed by atoms with E-state index < -0.39 is 0 Å². The molecule has 0 atom stereocenters. The molecule has 1 aromatic heterocycles. The van der Waals surface area contributed by atoms with E-state index in [9.17, 15) is 0 Å². The second-order valence-corrected chi connectivity index (χ2v) is 3.40. The van der Waals surface area contributed by atoms with Crippen molar-refractivity contribution >= 4 is 17.4 Å². The van der Waals surface area contributed by atoms with E-state index in [1.807, 2.05) is 14.0 Å². The predicted molar refractivity (Wildman–Crippen MR) is 55.3 cm³/mol. The fourth-order valence-electron chi connectivity index (χ4n) is 1.16. The van der Waals surface area contributed by atoms with Gasteiger partial charge >= 0.3 is 0 Å². The van der Waals surface area contributed by atoms with Crippen molar-refractivity contribution < 1.29 is 0 Å². The molecule has 13 heavy (non-hydrogen) atoms. The SMILES string of the molecule is CCCN(C)c1cc(Cl)nc(C)n1. The van der Waals surface area contributed by atoms with Crippen molar-refractivity contribution in [2.75, 3.05) is 18.5 Å². The molecule has 0 unspecified atom stereocenters. The minimum absolute atomic E-state index is 0.505. The molecule has 0 N–H and O–H groups in total. The first-order chi connectivity index (χ1) is 6.13. The van der Waals surface area contributed by atoms with E-state index in [-0.39, 0.29) is 0 Å². The minimum atomic E-state index is 0.505. The van der Waals surface area contributed by atoms with E-state index in [4.69, 9.17) is 11.6 Å². The maximum atomic E-state index is 5.82.